The van der Waals surface area contributed by atoms with Gasteiger partial charge in [0.1, 0.15) is 0 Å². The van der Waals surface area contributed by atoms with E-state index in [1.54, 1.807) is 22.3 Å². The average Bonchev–Trinajstić information content (AvgIpc) is 2.88. The molecule has 0 saturated heterocycles. The van der Waals surface area contributed by atoms with Crippen LogP contribution in [0.5, 0.6) is 0 Å². The van der Waals surface area contributed by atoms with Gasteiger partial charge in [-0.05, 0) is 51.6 Å². The van der Waals surface area contributed by atoms with Crippen LogP contribution in [0, 0.1) is 0 Å². The summed E-state index contributed by atoms with van der Waals surface area (Å²) in [5.41, 5.74) is 11.2. The molecular formula is C20H32Si. The molecule has 2 aliphatic rings. The normalized spacial score (nSPS) is 26.7. The highest BCUT2D eigenvalue weighted by atomic mass is 28.3. The zero-order valence-electron chi connectivity index (χ0n) is 15.2. The molecule has 0 aromatic carbocycles. The standard InChI is InChI=1S/C20H32Si/c1-9-17-11-13(3)15(5)19(17)21(7,8)20-16(6)14(4)12-18(20)10-2/h11-12,19-20H,9-10H2,1-8H3. The molecule has 0 fully saturated rings. The van der Waals surface area contributed by atoms with E-state index in [2.05, 4.69) is 66.8 Å². The third-order valence-electron chi connectivity index (χ3n) is 5.96. The van der Waals surface area contributed by atoms with Gasteiger partial charge in [0.15, 0.2) is 0 Å². The quantitative estimate of drug-likeness (QED) is 0.500. The Balaban J connectivity index is 2.48. The van der Waals surface area contributed by atoms with E-state index in [4.69, 9.17) is 0 Å². The minimum Gasteiger partial charge on any atom is -0.0679 e. The van der Waals surface area contributed by atoms with E-state index in [1.807, 2.05) is 0 Å². The molecule has 0 bridgehead atoms. The Labute approximate surface area is 132 Å². The summed E-state index contributed by atoms with van der Waals surface area (Å²) in [7, 11) is -1.47. The number of hydrogen-bond acceptors (Lipinski definition) is 0. The first kappa shape index (κ1) is 16.5. The van der Waals surface area contributed by atoms with Crippen molar-refractivity contribution in [2.24, 2.45) is 0 Å². The summed E-state index contributed by atoms with van der Waals surface area (Å²) in [4.78, 5) is 0. The molecule has 0 saturated carbocycles. The van der Waals surface area contributed by atoms with Gasteiger partial charge in [0, 0.05) is 0 Å². The summed E-state index contributed by atoms with van der Waals surface area (Å²) in [6.45, 7) is 19.3. The zero-order chi connectivity index (χ0) is 15.9. The number of allylic oxidation sites excluding steroid dienone is 8. The maximum Gasteiger partial charge on any atom is 0.0713 e. The molecule has 0 N–H and O–H groups in total. The van der Waals surface area contributed by atoms with E-state index in [9.17, 15) is 0 Å². The summed E-state index contributed by atoms with van der Waals surface area (Å²) in [6, 6.07) is 0. The van der Waals surface area contributed by atoms with E-state index in [0.717, 1.165) is 11.1 Å². The van der Waals surface area contributed by atoms with Crippen molar-refractivity contribution in [3.05, 3.63) is 45.6 Å². The fourth-order valence-corrected chi connectivity index (χ4v) is 10.3. The minimum atomic E-state index is -1.47. The second-order valence-corrected chi connectivity index (χ2v) is 12.4. The van der Waals surface area contributed by atoms with Crippen LogP contribution < -0.4 is 0 Å². The largest absolute Gasteiger partial charge is 0.0713 e. The highest BCUT2D eigenvalue weighted by Crippen LogP contribution is 2.55. The van der Waals surface area contributed by atoms with Crippen LogP contribution in [0.4, 0.5) is 0 Å². The molecule has 1 heteroatoms. The molecular weight excluding hydrogens is 268 g/mol. The molecule has 2 aliphatic carbocycles. The Morgan fingerprint density at radius 3 is 1.38 bits per heavy atom. The monoisotopic (exact) mass is 300 g/mol. The van der Waals surface area contributed by atoms with Gasteiger partial charge in [-0.15, -0.1) is 0 Å². The fourth-order valence-electron chi connectivity index (χ4n) is 4.81. The number of hydrogen-bond donors (Lipinski definition) is 0. The highest BCUT2D eigenvalue weighted by Gasteiger charge is 2.46. The minimum absolute atomic E-state index is 0.739. The van der Waals surface area contributed by atoms with Crippen LogP contribution in [0.25, 0.3) is 0 Å². The predicted molar refractivity (Wildman–Crippen MR) is 98.5 cm³/mol. The molecule has 0 amide bonds. The molecule has 0 aromatic rings. The molecule has 0 aromatic heterocycles. The zero-order valence-corrected chi connectivity index (χ0v) is 16.2. The van der Waals surface area contributed by atoms with Gasteiger partial charge in [0.05, 0.1) is 8.07 Å². The smallest absolute Gasteiger partial charge is 0.0679 e. The summed E-state index contributed by atoms with van der Waals surface area (Å²) >= 11 is 0. The topological polar surface area (TPSA) is 0 Å². The average molecular weight is 301 g/mol. The second-order valence-electron chi connectivity index (χ2n) is 7.57. The van der Waals surface area contributed by atoms with Crippen molar-refractivity contribution in [3.63, 3.8) is 0 Å². The Morgan fingerprint density at radius 2 is 1.10 bits per heavy atom. The summed E-state index contributed by atoms with van der Waals surface area (Å²) < 4.78 is 0. The lowest BCUT2D eigenvalue weighted by atomic mass is 10.1. The van der Waals surface area contributed by atoms with Crippen molar-refractivity contribution in [2.45, 2.75) is 78.6 Å². The number of rotatable bonds is 4. The molecule has 0 heterocycles. The van der Waals surface area contributed by atoms with Crippen molar-refractivity contribution in [2.75, 3.05) is 0 Å². The first-order chi connectivity index (χ1) is 9.75. The predicted octanol–water partition coefficient (Wildman–Crippen LogP) is 6.81. The fraction of sp³-hybridized carbons (Fsp3) is 0.600. The molecule has 21 heavy (non-hydrogen) atoms. The van der Waals surface area contributed by atoms with Gasteiger partial charge in [0.25, 0.3) is 0 Å². The molecule has 0 aliphatic heterocycles. The Hall–Kier alpha value is -0.823. The van der Waals surface area contributed by atoms with Gasteiger partial charge in [-0.25, -0.2) is 0 Å². The van der Waals surface area contributed by atoms with Crippen LogP contribution in [0.2, 0.25) is 24.2 Å². The first-order valence-electron chi connectivity index (χ1n) is 8.51. The van der Waals surface area contributed by atoms with E-state index >= 15 is 0 Å². The molecule has 0 radical (unpaired) electrons. The van der Waals surface area contributed by atoms with Crippen LogP contribution in [-0.4, -0.2) is 8.07 Å². The van der Waals surface area contributed by atoms with Crippen LogP contribution in [-0.2, 0) is 0 Å². The third kappa shape index (κ3) is 2.54. The summed E-state index contributed by atoms with van der Waals surface area (Å²) in [5.74, 6) is 0. The van der Waals surface area contributed by atoms with Gasteiger partial charge in [-0.1, -0.05) is 72.5 Å². The van der Waals surface area contributed by atoms with Crippen LogP contribution in [0.15, 0.2) is 45.6 Å². The van der Waals surface area contributed by atoms with E-state index in [1.165, 1.54) is 24.0 Å². The third-order valence-corrected chi connectivity index (χ3v) is 10.5. The highest BCUT2D eigenvalue weighted by molar-refractivity contribution is 6.83. The summed E-state index contributed by atoms with van der Waals surface area (Å²) in [5, 5.41) is 0. The van der Waals surface area contributed by atoms with Crippen molar-refractivity contribution >= 4 is 8.07 Å². The molecule has 0 nitrogen and oxygen atoms in total. The second kappa shape index (κ2) is 5.76. The molecule has 0 spiro atoms. The lowest BCUT2D eigenvalue weighted by Crippen LogP contribution is -2.40. The van der Waals surface area contributed by atoms with Crippen LogP contribution >= 0.6 is 0 Å². The SMILES string of the molecule is CCC1=CC(C)=C(C)C1[Si](C)(C)C1C(CC)=CC(C)=C1C. The Bertz CT molecular complexity index is 517. The maximum atomic E-state index is 2.62. The van der Waals surface area contributed by atoms with Crippen molar-refractivity contribution in [1.82, 2.24) is 0 Å². The van der Waals surface area contributed by atoms with E-state index in [-0.39, 0.29) is 0 Å². The van der Waals surface area contributed by atoms with Crippen molar-refractivity contribution in [1.29, 1.82) is 0 Å². The van der Waals surface area contributed by atoms with Crippen LogP contribution in [0.3, 0.4) is 0 Å². The maximum absolute atomic E-state index is 2.62. The molecule has 2 atom stereocenters. The molecule has 2 rings (SSSR count). The molecule has 116 valence electrons. The van der Waals surface area contributed by atoms with Gasteiger partial charge < -0.3 is 0 Å². The van der Waals surface area contributed by atoms with Crippen molar-refractivity contribution in [3.8, 4) is 0 Å². The van der Waals surface area contributed by atoms with Crippen LogP contribution in [0.1, 0.15) is 54.4 Å². The Kier molecular flexibility index (Phi) is 4.54. The lowest BCUT2D eigenvalue weighted by Gasteiger charge is -2.40. The van der Waals surface area contributed by atoms with E-state index in [0.29, 0.717) is 0 Å². The van der Waals surface area contributed by atoms with Gasteiger partial charge in [-0.2, -0.15) is 0 Å². The van der Waals surface area contributed by atoms with Gasteiger partial charge >= 0.3 is 0 Å². The first-order valence-corrected chi connectivity index (χ1v) is 11.7. The summed E-state index contributed by atoms with van der Waals surface area (Å²) in [6.07, 6.45) is 7.36. The van der Waals surface area contributed by atoms with Gasteiger partial charge in [-0.3, -0.25) is 0 Å². The van der Waals surface area contributed by atoms with Crippen molar-refractivity contribution < 1.29 is 0 Å². The molecule has 2 unspecified atom stereocenters. The van der Waals surface area contributed by atoms with E-state index < -0.39 is 8.07 Å². The Morgan fingerprint density at radius 1 is 0.762 bits per heavy atom. The lowest BCUT2D eigenvalue weighted by molar-refractivity contribution is 0.909. The van der Waals surface area contributed by atoms with Gasteiger partial charge in [0.2, 0.25) is 0 Å².